The van der Waals surface area contributed by atoms with Crippen LogP contribution in [-0.4, -0.2) is 145 Å². The van der Waals surface area contributed by atoms with Crippen molar-refractivity contribution >= 4 is 89.5 Å². The highest BCUT2D eigenvalue weighted by Crippen LogP contribution is 2.41. The molecule has 0 aliphatic rings. The number of rotatable bonds is 36. The number of ether oxygens (including phenoxy) is 8. The van der Waals surface area contributed by atoms with Crippen molar-refractivity contribution in [1.29, 1.82) is 0 Å². The number of hydrogen-bond donors (Lipinski definition) is 12. The molecular formula is C110H111F5N8O16. The van der Waals surface area contributed by atoms with Crippen LogP contribution in [0.1, 0.15) is 143 Å². The van der Waals surface area contributed by atoms with Crippen LogP contribution >= 0.6 is 0 Å². The minimum Gasteiger partial charge on any atom is -0.497 e. The molecule has 0 fully saturated rings. The highest BCUT2D eigenvalue weighted by molar-refractivity contribution is 6.15. The SMILES string of the molecule is COc1cc(NC(C(=O)c2c[nH]c3c(C)cc(C)cc23)c2ccc(F)cc2C)cc(OCCO)c1.COc1cc(NC(C(=O)c2c[nH]c3cc(C)c(C)cc23)c2ccc(F)cc2C)cc(OCCO)c1.COc1cc(NC(C(=O)c2c[nH]c3cc(F)c(C)cc23)c2ccc(F)cc2C)cc(OCCO)c1.COc1cc(NC(C(=O)c2c[nH]c3ccc(C)cc23)c2ccc(F)cc2C)cc(OCCO)c1. The predicted octanol–water partition coefficient (Wildman–Crippen LogP) is 22.1. The minimum absolute atomic E-state index is 0.0945. The van der Waals surface area contributed by atoms with Crippen LogP contribution in [0, 0.1) is 98.3 Å². The average molecular weight is 1900 g/mol. The van der Waals surface area contributed by atoms with Crippen molar-refractivity contribution in [2.45, 2.75) is 93.4 Å². The number of methoxy groups -OCH3 is 4. The maximum Gasteiger partial charge on any atom is 0.191 e. The molecule has 0 saturated heterocycles. The number of aliphatic hydroxyl groups is 4. The highest BCUT2D eigenvalue weighted by atomic mass is 19.1. The van der Waals surface area contributed by atoms with Crippen LogP contribution in [0.4, 0.5) is 44.7 Å². The van der Waals surface area contributed by atoms with Gasteiger partial charge in [0.05, 0.1) is 54.9 Å². The first-order valence-corrected chi connectivity index (χ1v) is 44.8. The molecule has 0 spiro atoms. The van der Waals surface area contributed by atoms with Gasteiger partial charge in [-0.15, -0.1) is 0 Å². The molecule has 722 valence electrons. The number of H-pyrrole nitrogens is 4. The molecule has 16 aromatic rings. The fourth-order valence-corrected chi connectivity index (χ4v) is 16.6. The van der Waals surface area contributed by atoms with E-state index in [-0.39, 0.29) is 99.3 Å². The van der Waals surface area contributed by atoms with Gasteiger partial charge in [0.25, 0.3) is 0 Å². The molecule has 24 nitrogen and oxygen atoms in total. The molecule has 29 heteroatoms. The van der Waals surface area contributed by atoms with E-state index >= 15 is 0 Å². The zero-order chi connectivity index (χ0) is 99.6. The zero-order valence-electron chi connectivity index (χ0n) is 79.4. The highest BCUT2D eigenvalue weighted by Gasteiger charge is 2.33. The predicted molar refractivity (Wildman–Crippen MR) is 531 cm³/mol. The fourth-order valence-electron chi connectivity index (χ4n) is 16.6. The van der Waals surface area contributed by atoms with Gasteiger partial charge in [0.1, 0.15) is 126 Å². The monoisotopic (exact) mass is 1890 g/mol. The molecule has 16 rings (SSSR count). The number of carbonyl (C=O) groups excluding carboxylic acids is 4. The Morgan fingerprint density at radius 2 is 0.568 bits per heavy atom. The normalized spacial score (nSPS) is 11.9. The number of hydrogen-bond acceptors (Lipinski definition) is 20. The second kappa shape index (κ2) is 45.9. The Balaban J connectivity index is 0.000000156. The van der Waals surface area contributed by atoms with Crippen LogP contribution < -0.4 is 59.2 Å². The van der Waals surface area contributed by atoms with Crippen LogP contribution in [0.2, 0.25) is 0 Å². The Labute approximate surface area is 800 Å². The van der Waals surface area contributed by atoms with Crippen molar-refractivity contribution < 1.29 is 99.5 Å². The van der Waals surface area contributed by atoms with Gasteiger partial charge in [-0.25, -0.2) is 22.0 Å². The number of nitrogens with one attached hydrogen (secondary N) is 8. The lowest BCUT2D eigenvalue weighted by atomic mass is 9.93. The number of halogens is 5. The van der Waals surface area contributed by atoms with Gasteiger partial charge in [-0.3, -0.25) is 19.2 Å². The number of aromatic amines is 4. The van der Waals surface area contributed by atoms with Gasteiger partial charge in [0.15, 0.2) is 23.1 Å². The number of benzene rings is 12. The number of carbonyl (C=O) groups is 4. The van der Waals surface area contributed by atoms with Crippen molar-refractivity contribution in [3.63, 3.8) is 0 Å². The van der Waals surface area contributed by atoms with Gasteiger partial charge in [0.2, 0.25) is 0 Å². The molecule has 0 saturated carbocycles. The lowest BCUT2D eigenvalue weighted by Gasteiger charge is -2.22. The molecule has 0 bridgehead atoms. The number of aromatic nitrogens is 4. The topological polar surface area (TPSA) is 334 Å². The van der Waals surface area contributed by atoms with E-state index in [1.165, 1.54) is 83.0 Å². The molecule has 4 unspecified atom stereocenters. The molecule has 0 aliphatic heterocycles. The number of anilines is 4. The average Bonchev–Trinajstić information content (AvgIpc) is 1.70. The largest absolute Gasteiger partial charge is 0.497 e. The first-order valence-electron chi connectivity index (χ1n) is 44.8. The summed E-state index contributed by atoms with van der Waals surface area (Å²) >= 11 is 0. The Bertz CT molecular complexity index is 6940. The van der Waals surface area contributed by atoms with Crippen molar-refractivity contribution in [3.8, 4) is 46.0 Å². The van der Waals surface area contributed by atoms with Crippen molar-refractivity contribution in [2.24, 2.45) is 0 Å². The summed E-state index contributed by atoms with van der Waals surface area (Å²) in [5.74, 6) is 1.37. The molecule has 12 aromatic carbocycles. The second-order valence-electron chi connectivity index (χ2n) is 33.6. The van der Waals surface area contributed by atoms with E-state index in [9.17, 15) is 41.1 Å². The van der Waals surface area contributed by atoms with Crippen LogP contribution in [0.3, 0.4) is 0 Å². The van der Waals surface area contributed by atoms with Gasteiger partial charge < -0.3 is 99.5 Å². The van der Waals surface area contributed by atoms with E-state index in [0.29, 0.717) is 152 Å². The summed E-state index contributed by atoms with van der Waals surface area (Å²) in [7, 11) is 6.13. The van der Waals surface area contributed by atoms with Crippen molar-refractivity contribution in [3.05, 3.63) is 354 Å². The summed E-state index contributed by atoms with van der Waals surface area (Å²) in [5, 5.41) is 52.7. The summed E-state index contributed by atoms with van der Waals surface area (Å²) in [6.07, 6.45) is 6.72. The third-order valence-corrected chi connectivity index (χ3v) is 23.7. The van der Waals surface area contributed by atoms with Crippen molar-refractivity contribution in [1.82, 2.24) is 19.9 Å². The van der Waals surface area contributed by atoms with Crippen LogP contribution in [0.15, 0.2) is 225 Å². The number of aliphatic hydroxyl groups excluding tert-OH is 4. The third kappa shape index (κ3) is 24.5. The Morgan fingerprint density at radius 3 is 0.899 bits per heavy atom. The maximum absolute atomic E-state index is 14.1. The maximum atomic E-state index is 14.1. The number of Topliss-reactive ketones (excluding diaryl/α,β-unsaturated/α-hetero) is 4. The van der Waals surface area contributed by atoms with Crippen LogP contribution in [0.5, 0.6) is 46.0 Å². The molecule has 4 atom stereocenters. The van der Waals surface area contributed by atoms with Gasteiger partial charge in [0, 0.05) is 186 Å². The van der Waals surface area contributed by atoms with E-state index in [1.54, 1.807) is 163 Å². The smallest absolute Gasteiger partial charge is 0.191 e. The van der Waals surface area contributed by atoms with E-state index in [1.807, 2.05) is 71.0 Å². The quantitative estimate of drug-likeness (QED) is 0.0128. The summed E-state index contributed by atoms with van der Waals surface area (Å²) in [4.78, 5) is 68.4. The fraction of sp³-hybridized carbons (Fsp3) is 0.236. The summed E-state index contributed by atoms with van der Waals surface area (Å²) in [5.41, 5.74) is 18.4. The Hall–Kier alpha value is -15.4. The summed E-state index contributed by atoms with van der Waals surface area (Å²) in [6.45, 7) is 18.7. The molecule has 4 aromatic heterocycles. The van der Waals surface area contributed by atoms with Crippen molar-refractivity contribution in [2.75, 3.05) is 103 Å². The first-order chi connectivity index (χ1) is 66.8. The van der Waals surface area contributed by atoms with E-state index < -0.39 is 30.0 Å². The Kier molecular flexibility index (Phi) is 33.4. The van der Waals surface area contributed by atoms with E-state index in [4.69, 9.17) is 58.3 Å². The molecule has 4 heterocycles. The minimum atomic E-state index is -0.891. The van der Waals surface area contributed by atoms with Crippen LogP contribution in [0.25, 0.3) is 43.6 Å². The first kappa shape index (κ1) is 101. The zero-order valence-corrected chi connectivity index (χ0v) is 79.4. The van der Waals surface area contributed by atoms with Gasteiger partial charge in [-0.2, -0.15) is 0 Å². The number of ketones is 4. The molecule has 12 N–H and O–H groups in total. The van der Waals surface area contributed by atoms with E-state index in [2.05, 4.69) is 47.3 Å². The third-order valence-electron chi connectivity index (χ3n) is 23.7. The molecule has 0 aliphatic carbocycles. The van der Waals surface area contributed by atoms with Gasteiger partial charge >= 0.3 is 0 Å². The van der Waals surface area contributed by atoms with Gasteiger partial charge in [-0.05, 0) is 227 Å². The summed E-state index contributed by atoms with van der Waals surface area (Å²) < 4.78 is 113. The number of fused-ring (bicyclic) bond motifs is 4. The molecule has 0 radical (unpaired) electrons. The second-order valence-corrected chi connectivity index (χ2v) is 33.6. The molecule has 139 heavy (non-hydrogen) atoms. The lowest BCUT2D eigenvalue weighted by Crippen LogP contribution is -2.22. The number of aryl methyl sites for hydroxylation is 10. The van der Waals surface area contributed by atoms with E-state index in [0.717, 1.165) is 60.5 Å². The standard InChI is InChI=1S/2C28H29FN2O4.C27H26F2N2O4.C27H27FN2O4/c1-16-10-24-25(15-30-26(24)11-17(16)2)28(33)27(23-6-5-19(29)9-18(23)3)31-20-12-21(34-4)14-22(13-20)35-8-7-32;1-16-9-18(3)26-24(10-16)25(15-30-26)28(33)27(23-6-5-19(29)11-17(23)2)31-20-12-21(34-4)14-22(13-20)35-8-7-32;1-15-8-17(28)4-5-21(15)26(31-18-10-19(34-3)12-20(11-18)35-7-6-32)27(33)23-14-30-25-13-24(29)16(2)9-22(23)25;1-16-4-7-25-23(10-16)24(15-29-25)27(32)26(22-6-5-18(28)11-17(22)2)30-19-12-20(33-3)14-21(13-19)34-9-8-31/h2*5-6,9-15,27,30-32H,7-8H2,1-4H3;4-5,8-14,26,30-32H,6-7H2,1-3H3;4-7,10-15,26,29-31H,8-9H2,1-3H3. The lowest BCUT2D eigenvalue weighted by molar-refractivity contribution is 0.0963. The van der Waals surface area contributed by atoms with Crippen LogP contribution in [-0.2, 0) is 0 Å². The summed E-state index contributed by atoms with van der Waals surface area (Å²) in [6, 6.07) is 51.8. The molecule has 0 amide bonds. The van der Waals surface area contributed by atoms with Gasteiger partial charge in [-0.1, -0.05) is 47.5 Å². The Morgan fingerprint density at radius 1 is 0.281 bits per heavy atom. The molecular weight excluding hydrogens is 1780 g/mol.